The molecule has 5 heteroatoms. The van der Waals surface area contributed by atoms with Gasteiger partial charge in [0.25, 0.3) is 0 Å². The smallest absolute Gasteiger partial charge is 0.160 e. The van der Waals surface area contributed by atoms with Gasteiger partial charge in [0.15, 0.2) is 5.82 Å². The monoisotopic (exact) mass is 771 g/mol. The van der Waals surface area contributed by atoms with Crippen LogP contribution in [-0.2, 0) is 0 Å². The van der Waals surface area contributed by atoms with E-state index in [4.69, 9.17) is 14.4 Å². The molecule has 0 N–H and O–H groups in total. The summed E-state index contributed by atoms with van der Waals surface area (Å²) >= 11 is 1.83. The number of para-hydroxylation sites is 1. The van der Waals surface area contributed by atoms with Gasteiger partial charge in [-0.15, -0.1) is 11.3 Å². The Morgan fingerprint density at radius 1 is 0.390 bits per heavy atom. The summed E-state index contributed by atoms with van der Waals surface area (Å²) < 4.78 is 9.31. The first-order chi connectivity index (χ1) is 29.2. The van der Waals surface area contributed by atoms with Crippen molar-refractivity contribution in [3.63, 3.8) is 0 Å². The number of benzene rings is 9. The molecule has 0 unspecified atom stereocenters. The van der Waals surface area contributed by atoms with E-state index in [9.17, 15) is 0 Å². The van der Waals surface area contributed by atoms with Gasteiger partial charge in [-0.25, -0.2) is 9.97 Å². The maximum absolute atomic E-state index is 6.75. The van der Waals surface area contributed by atoms with E-state index in [1.807, 2.05) is 29.5 Å². The zero-order chi connectivity index (χ0) is 38.9. The second-order valence-corrected chi connectivity index (χ2v) is 16.0. The Hall–Kier alpha value is -7.60. The van der Waals surface area contributed by atoms with Gasteiger partial charge in [-0.1, -0.05) is 133 Å². The predicted octanol–water partition coefficient (Wildman–Crippen LogP) is 15.5. The Labute approximate surface area is 343 Å². The number of anilines is 3. The third-order valence-electron chi connectivity index (χ3n) is 11.5. The molecule has 59 heavy (non-hydrogen) atoms. The molecule has 3 heterocycles. The molecule has 4 nitrogen and oxygen atoms in total. The Kier molecular flexibility index (Phi) is 7.68. The van der Waals surface area contributed by atoms with Crippen molar-refractivity contribution in [3.8, 4) is 33.9 Å². The summed E-state index contributed by atoms with van der Waals surface area (Å²) in [5, 5.41) is 9.39. The van der Waals surface area contributed by atoms with E-state index >= 15 is 0 Å². The highest BCUT2D eigenvalue weighted by Crippen LogP contribution is 2.44. The second kappa shape index (κ2) is 13.5. The summed E-state index contributed by atoms with van der Waals surface area (Å²) in [7, 11) is 0. The van der Waals surface area contributed by atoms with E-state index in [0.29, 0.717) is 5.82 Å². The van der Waals surface area contributed by atoms with E-state index in [1.54, 1.807) is 0 Å². The molecule has 0 fully saturated rings. The van der Waals surface area contributed by atoms with Crippen molar-refractivity contribution in [2.45, 2.75) is 0 Å². The number of fused-ring (bicyclic) bond motifs is 9. The van der Waals surface area contributed by atoms with Crippen LogP contribution in [0.1, 0.15) is 0 Å². The molecule has 12 rings (SSSR count). The minimum absolute atomic E-state index is 0.677. The van der Waals surface area contributed by atoms with Crippen LogP contribution < -0.4 is 4.90 Å². The molecule has 0 aliphatic rings. The van der Waals surface area contributed by atoms with Crippen LogP contribution in [0.25, 0.3) is 97.6 Å². The van der Waals surface area contributed by atoms with Crippen LogP contribution in [-0.4, -0.2) is 9.97 Å². The molecule has 0 aliphatic carbocycles. The van der Waals surface area contributed by atoms with Gasteiger partial charge in [-0.3, -0.25) is 0 Å². The Morgan fingerprint density at radius 2 is 1.03 bits per heavy atom. The first-order valence-corrected chi connectivity index (χ1v) is 20.6. The highest BCUT2D eigenvalue weighted by Gasteiger charge is 2.21. The van der Waals surface area contributed by atoms with Gasteiger partial charge in [0.1, 0.15) is 11.2 Å². The minimum Gasteiger partial charge on any atom is -0.456 e. The first kappa shape index (κ1) is 33.5. The minimum atomic E-state index is 0.677. The second-order valence-electron chi connectivity index (χ2n) is 14.9. The molecule has 276 valence electrons. The molecule has 0 saturated carbocycles. The highest BCUT2D eigenvalue weighted by atomic mass is 32.1. The molecule has 3 aromatic heterocycles. The number of rotatable bonds is 6. The quantitative estimate of drug-likeness (QED) is 0.158. The number of aromatic nitrogens is 2. The van der Waals surface area contributed by atoms with Crippen LogP contribution in [0, 0.1) is 0 Å². The molecule has 0 bridgehead atoms. The van der Waals surface area contributed by atoms with Gasteiger partial charge in [-0.2, -0.15) is 0 Å². The highest BCUT2D eigenvalue weighted by molar-refractivity contribution is 7.25. The summed E-state index contributed by atoms with van der Waals surface area (Å²) in [6.45, 7) is 0. The lowest BCUT2D eigenvalue weighted by Crippen LogP contribution is -2.09. The molecule has 0 radical (unpaired) electrons. The number of furan rings is 1. The number of hydrogen-bond acceptors (Lipinski definition) is 5. The summed E-state index contributed by atoms with van der Waals surface area (Å²) in [5.41, 5.74) is 9.55. The lowest BCUT2D eigenvalue weighted by molar-refractivity contribution is 0.669. The average molecular weight is 772 g/mol. The molecule has 0 saturated heterocycles. The van der Waals surface area contributed by atoms with Crippen molar-refractivity contribution in [2.24, 2.45) is 0 Å². The third kappa shape index (κ3) is 5.58. The van der Waals surface area contributed by atoms with Gasteiger partial charge in [-0.05, 0) is 82.2 Å². The summed E-state index contributed by atoms with van der Waals surface area (Å²) in [5.74, 6) is 0.677. The van der Waals surface area contributed by atoms with Crippen molar-refractivity contribution in [1.29, 1.82) is 0 Å². The fourth-order valence-electron chi connectivity index (χ4n) is 8.75. The topological polar surface area (TPSA) is 42.2 Å². The molecule has 0 atom stereocenters. The Balaban J connectivity index is 1.04. The van der Waals surface area contributed by atoms with Crippen molar-refractivity contribution >= 4 is 92.1 Å². The molecule has 12 aromatic rings. The zero-order valence-electron chi connectivity index (χ0n) is 31.7. The van der Waals surface area contributed by atoms with Crippen molar-refractivity contribution in [2.75, 3.05) is 4.90 Å². The standard InChI is InChI=1S/C54H33N3OS/c1-3-14-34(15-4-1)54-55-47(33-48(56-54)46-30-35-16-7-8-19-39(35)40-20-9-10-21-41(40)46)44-23-13-24-49-53(44)45-29-27-37(31-50(45)58-49)57(36-17-5-2-6-18-36)38-26-28-43-42-22-11-12-25-51(42)59-52(43)32-38/h1-33H. The molecule has 0 spiro atoms. The van der Waals surface area contributed by atoms with E-state index < -0.39 is 0 Å². The van der Waals surface area contributed by atoms with Crippen molar-refractivity contribution in [1.82, 2.24) is 9.97 Å². The third-order valence-corrected chi connectivity index (χ3v) is 12.6. The van der Waals surface area contributed by atoms with Crippen molar-refractivity contribution < 1.29 is 4.42 Å². The first-order valence-electron chi connectivity index (χ1n) is 19.8. The fourth-order valence-corrected chi connectivity index (χ4v) is 9.89. The van der Waals surface area contributed by atoms with E-state index in [2.05, 4.69) is 187 Å². The molecule has 9 aromatic carbocycles. The maximum Gasteiger partial charge on any atom is 0.160 e. The lowest BCUT2D eigenvalue weighted by atomic mass is 9.94. The molecule has 0 aliphatic heterocycles. The number of hydrogen-bond donors (Lipinski definition) is 0. The Bertz CT molecular complexity index is 3570. The largest absolute Gasteiger partial charge is 0.456 e. The van der Waals surface area contributed by atoms with Crippen LogP contribution >= 0.6 is 11.3 Å². The molecular weight excluding hydrogens is 739 g/mol. The number of nitrogens with zero attached hydrogens (tertiary/aromatic N) is 3. The SMILES string of the molecule is c1ccc(-c2nc(-c3cc4ccccc4c4ccccc34)cc(-c3cccc4oc5cc(N(c6ccccc6)c6ccc7c(c6)sc6ccccc67)ccc5c34)n2)cc1. The van der Waals surface area contributed by atoms with Crippen LogP contribution in [0.5, 0.6) is 0 Å². The van der Waals surface area contributed by atoms with Gasteiger partial charge in [0.2, 0.25) is 0 Å². The van der Waals surface area contributed by atoms with Gasteiger partial charge in [0, 0.05) is 70.8 Å². The summed E-state index contributed by atoms with van der Waals surface area (Å²) in [6, 6.07) is 70.7. The van der Waals surface area contributed by atoms with Crippen LogP contribution in [0.2, 0.25) is 0 Å². The lowest BCUT2D eigenvalue weighted by Gasteiger charge is -2.25. The van der Waals surface area contributed by atoms with E-state index in [-0.39, 0.29) is 0 Å². The molecule has 0 amide bonds. The Morgan fingerprint density at radius 3 is 1.86 bits per heavy atom. The summed E-state index contributed by atoms with van der Waals surface area (Å²) in [6.07, 6.45) is 0. The van der Waals surface area contributed by atoms with Gasteiger partial charge < -0.3 is 9.32 Å². The average Bonchev–Trinajstić information content (AvgIpc) is 3.87. The van der Waals surface area contributed by atoms with E-state index in [1.165, 1.54) is 36.3 Å². The summed E-state index contributed by atoms with van der Waals surface area (Å²) in [4.78, 5) is 12.9. The number of thiophene rings is 1. The van der Waals surface area contributed by atoms with Crippen LogP contribution in [0.15, 0.2) is 205 Å². The van der Waals surface area contributed by atoms with E-state index in [0.717, 1.165) is 72.5 Å². The normalized spacial score (nSPS) is 11.7. The zero-order valence-corrected chi connectivity index (χ0v) is 32.5. The fraction of sp³-hybridized carbons (Fsp3) is 0. The molecular formula is C54H33N3OS. The predicted molar refractivity (Wildman–Crippen MR) is 248 cm³/mol. The van der Waals surface area contributed by atoms with Crippen LogP contribution in [0.4, 0.5) is 17.1 Å². The van der Waals surface area contributed by atoms with Crippen LogP contribution in [0.3, 0.4) is 0 Å². The van der Waals surface area contributed by atoms with Gasteiger partial charge >= 0.3 is 0 Å². The van der Waals surface area contributed by atoms with Crippen molar-refractivity contribution in [3.05, 3.63) is 200 Å². The van der Waals surface area contributed by atoms with Gasteiger partial charge in [0.05, 0.1) is 11.4 Å². The maximum atomic E-state index is 6.75.